The number of fused-ring (bicyclic) bond motifs is 1. The molecule has 0 saturated carbocycles. The van der Waals surface area contributed by atoms with Crippen molar-refractivity contribution in [3.05, 3.63) is 59.8 Å². The number of alkyl halides is 3. The van der Waals surface area contributed by atoms with Gasteiger partial charge in [-0.15, -0.1) is 13.2 Å². The Bertz CT molecular complexity index is 962. The summed E-state index contributed by atoms with van der Waals surface area (Å²) in [4.78, 5) is 2.22. The zero-order chi connectivity index (χ0) is 19.8. The van der Waals surface area contributed by atoms with E-state index in [0.717, 1.165) is 23.0 Å². The first-order valence-corrected chi connectivity index (χ1v) is 9.04. The van der Waals surface area contributed by atoms with Crippen LogP contribution >= 0.6 is 0 Å². The van der Waals surface area contributed by atoms with Crippen molar-refractivity contribution >= 4 is 10.9 Å². The highest BCUT2D eigenvalue weighted by atomic mass is 19.4. The Morgan fingerprint density at radius 1 is 1.14 bits per heavy atom. The van der Waals surface area contributed by atoms with E-state index in [4.69, 9.17) is 0 Å². The van der Waals surface area contributed by atoms with Gasteiger partial charge in [-0.05, 0) is 42.2 Å². The quantitative estimate of drug-likeness (QED) is 0.707. The minimum Gasteiger partial charge on any atom is -0.406 e. The van der Waals surface area contributed by atoms with Crippen LogP contribution in [0.25, 0.3) is 10.9 Å². The van der Waals surface area contributed by atoms with Crippen LogP contribution in [-0.2, 0) is 12.1 Å². The van der Waals surface area contributed by atoms with E-state index in [1.54, 1.807) is 12.3 Å². The second-order valence-electron chi connectivity index (χ2n) is 7.17. The van der Waals surface area contributed by atoms with Gasteiger partial charge in [-0.1, -0.05) is 24.3 Å². The minimum atomic E-state index is -4.75. The molecule has 0 aliphatic carbocycles. The fraction of sp³-hybridized carbons (Fsp3) is 0.350. The Morgan fingerprint density at radius 3 is 2.68 bits per heavy atom. The molecule has 0 unspecified atom stereocenters. The first-order chi connectivity index (χ1) is 13.3. The lowest BCUT2D eigenvalue weighted by Gasteiger charge is -2.38. The number of aliphatic hydroxyl groups is 1. The van der Waals surface area contributed by atoms with E-state index in [1.807, 2.05) is 6.07 Å². The number of likely N-dealkylation sites (tertiary alicyclic amines) is 1. The summed E-state index contributed by atoms with van der Waals surface area (Å²) in [5.41, 5.74) is 1.41. The number of nitrogens with zero attached hydrogens (tertiary/aromatic N) is 2. The smallest absolute Gasteiger partial charge is 0.406 e. The highest BCUT2D eigenvalue weighted by molar-refractivity contribution is 5.78. The van der Waals surface area contributed by atoms with E-state index in [1.165, 1.54) is 18.2 Å². The summed E-state index contributed by atoms with van der Waals surface area (Å²) >= 11 is 0. The maximum absolute atomic E-state index is 12.4. The van der Waals surface area contributed by atoms with E-state index >= 15 is 0 Å². The Labute approximate surface area is 159 Å². The van der Waals surface area contributed by atoms with Gasteiger partial charge >= 0.3 is 6.36 Å². The summed E-state index contributed by atoms with van der Waals surface area (Å²) in [6.45, 7) is 2.02. The van der Waals surface area contributed by atoms with Crippen LogP contribution in [0.3, 0.4) is 0 Å². The van der Waals surface area contributed by atoms with Crippen LogP contribution in [0.15, 0.2) is 48.7 Å². The van der Waals surface area contributed by atoms with E-state index in [-0.39, 0.29) is 5.75 Å². The average Bonchev–Trinajstić information content (AvgIpc) is 3.10. The standard InChI is InChI=1S/C20H20F3N3O2/c21-20(22,23)28-17-3-1-2-16(11-17)19(27)6-8-26(9-7-19)13-14-4-5-15-12-24-25-18(15)10-14/h1-5,10-12,27H,6-9,13H2,(H,24,25). The highest BCUT2D eigenvalue weighted by Crippen LogP contribution is 2.35. The van der Waals surface area contributed by atoms with Gasteiger partial charge in [0.15, 0.2) is 0 Å². The number of H-pyrrole nitrogens is 1. The number of aromatic amines is 1. The number of benzene rings is 2. The fourth-order valence-corrected chi connectivity index (χ4v) is 3.69. The topological polar surface area (TPSA) is 61.4 Å². The predicted octanol–water partition coefficient (Wildman–Crippen LogP) is 3.95. The van der Waals surface area contributed by atoms with Gasteiger partial charge in [0.2, 0.25) is 0 Å². The van der Waals surface area contributed by atoms with Gasteiger partial charge in [-0.25, -0.2) is 0 Å². The lowest BCUT2D eigenvalue weighted by atomic mass is 9.84. The van der Waals surface area contributed by atoms with Gasteiger partial charge in [0.1, 0.15) is 5.75 Å². The van der Waals surface area contributed by atoms with Crippen molar-refractivity contribution in [2.75, 3.05) is 13.1 Å². The maximum atomic E-state index is 12.4. The van der Waals surface area contributed by atoms with E-state index in [0.29, 0.717) is 31.5 Å². The van der Waals surface area contributed by atoms with Crippen LogP contribution in [0.4, 0.5) is 13.2 Å². The maximum Gasteiger partial charge on any atom is 0.573 e. The molecule has 2 N–H and O–H groups in total. The van der Waals surface area contributed by atoms with Crippen LogP contribution in [0, 0.1) is 0 Å². The third-order valence-corrected chi connectivity index (χ3v) is 5.20. The summed E-state index contributed by atoms with van der Waals surface area (Å²) in [5, 5.41) is 19.0. The van der Waals surface area contributed by atoms with Crippen molar-refractivity contribution in [2.24, 2.45) is 0 Å². The summed E-state index contributed by atoms with van der Waals surface area (Å²) in [7, 11) is 0. The number of nitrogens with one attached hydrogen (secondary N) is 1. The minimum absolute atomic E-state index is 0.311. The molecule has 0 radical (unpaired) electrons. The fourth-order valence-electron chi connectivity index (χ4n) is 3.69. The number of ether oxygens (including phenoxy) is 1. The van der Waals surface area contributed by atoms with Crippen molar-refractivity contribution in [1.29, 1.82) is 0 Å². The molecule has 2 heterocycles. The van der Waals surface area contributed by atoms with Crippen LogP contribution < -0.4 is 4.74 Å². The molecule has 3 aromatic rings. The number of hydrogen-bond acceptors (Lipinski definition) is 4. The Hall–Kier alpha value is -2.58. The monoisotopic (exact) mass is 391 g/mol. The third kappa shape index (κ3) is 4.13. The number of halogens is 3. The molecule has 4 rings (SSSR count). The van der Waals surface area contributed by atoms with Crippen molar-refractivity contribution < 1.29 is 23.0 Å². The molecule has 5 nitrogen and oxygen atoms in total. The van der Waals surface area contributed by atoms with E-state index in [9.17, 15) is 18.3 Å². The van der Waals surface area contributed by atoms with Crippen LogP contribution in [-0.4, -0.2) is 39.7 Å². The van der Waals surface area contributed by atoms with Crippen molar-refractivity contribution in [3.63, 3.8) is 0 Å². The molecule has 148 valence electrons. The van der Waals surface area contributed by atoms with Gasteiger partial charge in [-0.3, -0.25) is 10.00 Å². The van der Waals surface area contributed by atoms with Gasteiger partial charge in [0, 0.05) is 25.0 Å². The van der Waals surface area contributed by atoms with Crippen molar-refractivity contribution in [1.82, 2.24) is 15.1 Å². The second-order valence-corrected chi connectivity index (χ2v) is 7.17. The van der Waals surface area contributed by atoms with Gasteiger partial charge in [-0.2, -0.15) is 5.10 Å². The average molecular weight is 391 g/mol. The van der Waals surface area contributed by atoms with Gasteiger partial charge < -0.3 is 9.84 Å². The predicted molar refractivity (Wildman–Crippen MR) is 97.6 cm³/mol. The molecular formula is C20H20F3N3O2. The lowest BCUT2D eigenvalue weighted by molar-refractivity contribution is -0.274. The summed E-state index contributed by atoms with van der Waals surface area (Å²) in [6.07, 6.45) is -2.10. The Kier molecular flexibility index (Phi) is 4.76. The van der Waals surface area contributed by atoms with E-state index in [2.05, 4.69) is 32.0 Å². The molecule has 0 spiro atoms. The largest absolute Gasteiger partial charge is 0.573 e. The van der Waals surface area contributed by atoms with Crippen LogP contribution in [0.1, 0.15) is 24.0 Å². The summed E-state index contributed by atoms with van der Waals surface area (Å²) in [6, 6.07) is 11.8. The zero-order valence-electron chi connectivity index (χ0n) is 15.0. The molecule has 1 aliphatic heterocycles. The number of aromatic nitrogens is 2. The first-order valence-electron chi connectivity index (χ1n) is 9.04. The summed E-state index contributed by atoms with van der Waals surface area (Å²) < 4.78 is 41.3. The molecule has 8 heteroatoms. The third-order valence-electron chi connectivity index (χ3n) is 5.20. The molecule has 28 heavy (non-hydrogen) atoms. The van der Waals surface area contributed by atoms with E-state index < -0.39 is 12.0 Å². The van der Waals surface area contributed by atoms with Crippen molar-refractivity contribution in [3.8, 4) is 5.75 Å². The number of rotatable bonds is 4. The number of hydrogen-bond donors (Lipinski definition) is 2. The van der Waals surface area contributed by atoms with Gasteiger partial charge in [0.05, 0.1) is 17.3 Å². The highest BCUT2D eigenvalue weighted by Gasteiger charge is 2.35. The summed E-state index contributed by atoms with van der Waals surface area (Å²) in [5.74, 6) is -0.311. The molecule has 1 fully saturated rings. The molecule has 0 amide bonds. The molecular weight excluding hydrogens is 371 g/mol. The first kappa shape index (κ1) is 18.8. The molecule has 0 bridgehead atoms. The van der Waals surface area contributed by atoms with Crippen molar-refractivity contribution in [2.45, 2.75) is 31.3 Å². The molecule has 1 aliphatic rings. The molecule has 1 aromatic heterocycles. The van der Waals surface area contributed by atoms with Gasteiger partial charge in [0.25, 0.3) is 0 Å². The second kappa shape index (κ2) is 7.10. The molecule has 2 aromatic carbocycles. The lowest BCUT2D eigenvalue weighted by Crippen LogP contribution is -2.42. The Balaban J connectivity index is 1.41. The molecule has 0 atom stereocenters. The Morgan fingerprint density at radius 2 is 1.93 bits per heavy atom. The van der Waals surface area contributed by atoms with Crippen LogP contribution in [0.2, 0.25) is 0 Å². The SMILES string of the molecule is OC1(c2cccc(OC(F)(F)F)c2)CCN(Cc2ccc3cn[nH]c3c2)CC1. The number of piperidine rings is 1. The zero-order valence-corrected chi connectivity index (χ0v) is 15.0. The normalized spacial score (nSPS) is 17.7. The van der Waals surface area contributed by atoms with Crippen LogP contribution in [0.5, 0.6) is 5.75 Å². The molecule has 1 saturated heterocycles.